The van der Waals surface area contributed by atoms with Crippen LogP contribution in [0, 0.1) is 0 Å². The molecule has 1 unspecified atom stereocenters. The molecule has 0 saturated carbocycles. The smallest absolute Gasteiger partial charge is 0.0723 e. The van der Waals surface area contributed by atoms with E-state index in [1.807, 2.05) is 30.3 Å². The molecule has 0 heterocycles. The second kappa shape index (κ2) is 2.51. The first-order valence-corrected chi connectivity index (χ1v) is 3.81. The summed E-state index contributed by atoms with van der Waals surface area (Å²) in [7, 11) is 0. The highest BCUT2D eigenvalue weighted by Crippen LogP contribution is 2.25. The second-order valence-electron chi connectivity index (χ2n) is 2.78. The summed E-state index contributed by atoms with van der Waals surface area (Å²) in [6.45, 7) is 0. The van der Waals surface area contributed by atoms with Crippen LogP contribution in [-0.4, -0.2) is 0 Å². The van der Waals surface area contributed by atoms with Gasteiger partial charge in [-0.05, 0) is 17.5 Å². The minimum Gasteiger partial charge on any atom is -0.136 e. The normalized spacial score (nSPS) is 21.4. The van der Waals surface area contributed by atoms with Gasteiger partial charge in [-0.3, -0.25) is 0 Å². The van der Waals surface area contributed by atoms with Crippen LogP contribution in [0.3, 0.4) is 0 Å². The van der Waals surface area contributed by atoms with Gasteiger partial charge in [0.2, 0.25) is 0 Å². The molecule has 1 atom stereocenters. The van der Waals surface area contributed by atoms with Gasteiger partial charge >= 0.3 is 0 Å². The summed E-state index contributed by atoms with van der Waals surface area (Å²) < 4.78 is 0. The first-order chi connectivity index (χ1) is 5.38. The van der Waals surface area contributed by atoms with Crippen molar-refractivity contribution in [1.82, 2.24) is 5.73 Å². The molecule has 0 N–H and O–H groups in total. The number of hydrogen-bond acceptors (Lipinski definition) is 0. The van der Waals surface area contributed by atoms with Gasteiger partial charge in [-0.2, -0.15) is 0 Å². The molecule has 0 amide bonds. The van der Waals surface area contributed by atoms with Crippen LogP contribution in [0.2, 0.25) is 0 Å². The molecule has 2 rings (SSSR count). The molecule has 0 bridgehead atoms. The zero-order valence-corrected chi connectivity index (χ0v) is 6.20. The lowest BCUT2D eigenvalue weighted by atomic mass is 9.94. The molecule has 0 aliphatic heterocycles. The maximum atomic E-state index is 9.51. The molecular formula is C10H9N. The Bertz CT molecular complexity index is 289. The highest BCUT2D eigenvalue weighted by Gasteiger charge is 2.12. The molecule has 0 aromatic heterocycles. The molecule has 54 valence electrons. The molecule has 0 saturated heterocycles. The monoisotopic (exact) mass is 143 g/mol. The van der Waals surface area contributed by atoms with E-state index in [-0.39, 0.29) is 6.04 Å². The van der Waals surface area contributed by atoms with Gasteiger partial charge in [0, 0.05) is 0 Å². The number of hydrogen-bond donors (Lipinski definition) is 0. The van der Waals surface area contributed by atoms with Gasteiger partial charge in [-0.25, -0.2) is 0 Å². The quantitative estimate of drug-likeness (QED) is 0.531. The summed E-state index contributed by atoms with van der Waals surface area (Å²) in [5.74, 6) is 0. The highest BCUT2D eigenvalue weighted by molar-refractivity contribution is 5.57. The van der Waals surface area contributed by atoms with Crippen LogP contribution in [0.5, 0.6) is 0 Å². The maximum absolute atomic E-state index is 9.51. The third kappa shape index (κ3) is 1.08. The zero-order chi connectivity index (χ0) is 7.68. The van der Waals surface area contributed by atoms with Gasteiger partial charge in [-0.1, -0.05) is 36.4 Å². The number of benzene rings is 1. The van der Waals surface area contributed by atoms with Gasteiger partial charge < -0.3 is 0 Å². The van der Waals surface area contributed by atoms with Crippen molar-refractivity contribution in [3.05, 3.63) is 41.5 Å². The van der Waals surface area contributed by atoms with Crippen molar-refractivity contribution in [1.29, 1.82) is 0 Å². The minimum absolute atomic E-state index is 0.295. The summed E-state index contributed by atoms with van der Waals surface area (Å²) in [5.41, 5.74) is 11.7. The Morgan fingerprint density at radius 1 is 1.27 bits per heavy atom. The van der Waals surface area contributed by atoms with E-state index in [0.29, 0.717) is 0 Å². The van der Waals surface area contributed by atoms with Crippen molar-refractivity contribution in [3.63, 3.8) is 0 Å². The average Bonchev–Trinajstić information content (AvgIpc) is 2.06. The number of rotatable bonds is 0. The van der Waals surface area contributed by atoms with Crippen LogP contribution in [0.25, 0.3) is 6.08 Å². The average molecular weight is 143 g/mol. The van der Waals surface area contributed by atoms with E-state index in [0.717, 1.165) is 17.5 Å². The standard InChI is InChI=1S/C10H9N/c11-10-7-3-5-8-4-1-2-6-9(8)10/h1-6,10H,7H2. The van der Waals surface area contributed by atoms with Crippen molar-refractivity contribution < 1.29 is 0 Å². The van der Waals surface area contributed by atoms with Crippen LogP contribution >= 0.6 is 0 Å². The molecule has 1 aromatic carbocycles. The van der Waals surface area contributed by atoms with Gasteiger partial charge in [0.25, 0.3) is 0 Å². The van der Waals surface area contributed by atoms with E-state index in [1.165, 1.54) is 0 Å². The van der Waals surface area contributed by atoms with Gasteiger partial charge in [-0.15, -0.1) is 5.73 Å². The highest BCUT2D eigenvalue weighted by atomic mass is 14.6. The Hall–Kier alpha value is -1.08. The fraction of sp³-hybridized carbons (Fsp3) is 0.200. The van der Waals surface area contributed by atoms with Gasteiger partial charge in [0.15, 0.2) is 0 Å². The molecule has 0 fully saturated rings. The van der Waals surface area contributed by atoms with Crippen LogP contribution in [0.15, 0.2) is 30.3 Å². The molecule has 1 heteroatoms. The lowest BCUT2D eigenvalue weighted by Crippen LogP contribution is -2.03. The Morgan fingerprint density at radius 3 is 2.91 bits per heavy atom. The van der Waals surface area contributed by atoms with Gasteiger partial charge in [0.05, 0.1) is 6.04 Å². The van der Waals surface area contributed by atoms with E-state index >= 15 is 0 Å². The molecule has 1 aromatic rings. The predicted molar refractivity (Wildman–Crippen MR) is 45.0 cm³/mol. The molecule has 0 spiro atoms. The Kier molecular flexibility index (Phi) is 1.51. The summed E-state index contributed by atoms with van der Waals surface area (Å²) in [6.07, 6.45) is 4.81. The van der Waals surface area contributed by atoms with Crippen molar-refractivity contribution in [3.8, 4) is 0 Å². The minimum atomic E-state index is -0.295. The Balaban J connectivity index is 2.54. The van der Waals surface area contributed by atoms with Crippen molar-refractivity contribution in [2.45, 2.75) is 12.5 Å². The lowest BCUT2D eigenvalue weighted by molar-refractivity contribution is 0.708. The lowest BCUT2D eigenvalue weighted by Gasteiger charge is -2.14. The molecule has 1 aliphatic rings. The SMILES string of the molecule is [N]C1CC=Cc2ccccc21. The van der Waals surface area contributed by atoms with E-state index < -0.39 is 0 Å². The summed E-state index contributed by atoms with van der Waals surface area (Å²) >= 11 is 0. The van der Waals surface area contributed by atoms with Gasteiger partial charge in [0.1, 0.15) is 0 Å². The topological polar surface area (TPSA) is 22.3 Å². The molecular weight excluding hydrogens is 134 g/mol. The van der Waals surface area contributed by atoms with E-state index in [2.05, 4.69) is 6.08 Å². The van der Waals surface area contributed by atoms with Crippen molar-refractivity contribution in [2.24, 2.45) is 0 Å². The third-order valence-electron chi connectivity index (χ3n) is 2.01. The van der Waals surface area contributed by atoms with Crippen molar-refractivity contribution in [2.75, 3.05) is 0 Å². The van der Waals surface area contributed by atoms with Crippen molar-refractivity contribution >= 4 is 6.08 Å². The van der Waals surface area contributed by atoms with Crippen LogP contribution in [-0.2, 0) is 0 Å². The maximum Gasteiger partial charge on any atom is 0.0723 e. The van der Waals surface area contributed by atoms with Crippen LogP contribution < -0.4 is 5.73 Å². The fourth-order valence-electron chi connectivity index (χ4n) is 1.42. The van der Waals surface area contributed by atoms with Crippen LogP contribution in [0.1, 0.15) is 23.6 Å². The predicted octanol–water partition coefficient (Wildman–Crippen LogP) is 2.21. The number of nitrogens with zero attached hydrogens (tertiary/aromatic N) is 1. The first kappa shape index (κ1) is 6.62. The summed E-state index contributed by atoms with van der Waals surface area (Å²) in [4.78, 5) is 0. The van der Waals surface area contributed by atoms with E-state index in [9.17, 15) is 5.73 Å². The molecule has 11 heavy (non-hydrogen) atoms. The summed E-state index contributed by atoms with van der Waals surface area (Å²) in [6, 6.07) is 7.65. The largest absolute Gasteiger partial charge is 0.136 e. The second-order valence-corrected chi connectivity index (χ2v) is 2.78. The molecule has 1 aliphatic carbocycles. The molecule has 1 nitrogen and oxygen atoms in total. The number of fused-ring (bicyclic) bond motifs is 1. The Labute approximate surface area is 66.5 Å². The molecule has 2 radical (unpaired) electrons. The fourth-order valence-corrected chi connectivity index (χ4v) is 1.42. The first-order valence-electron chi connectivity index (χ1n) is 3.81. The van der Waals surface area contributed by atoms with Crippen LogP contribution in [0.4, 0.5) is 0 Å². The van der Waals surface area contributed by atoms with E-state index in [4.69, 9.17) is 0 Å². The summed E-state index contributed by atoms with van der Waals surface area (Å²) in [5, 5.41) is 0. The Morgan fingerprint density at radius 2 is 2.09 bits per heavy atom. The van der Waals surface area contributed by atoms with E-state index in [1.54, 1.807) is 0 Å². The third-order valence-corrected chi connectivity index (χ3v) is 2.01. The zero-order valence-electron chi connectivity index (χ0n) is 6.20.